The number of hydrogen-bond acceptors (Lipinski definition) is 6. The minimum absolute atomic E-state index is 0.0357. The van der Waals surface area contributed by atoms with Crippen molar-refractivity contribution in [1.29, 1.82) is 0 Å². The number of imidazole rings is 1. The van der Waals surface area contributed by atoms with Crippen LogP contribution in [0.1, 0.15) is 23.0 Å². The van der Waals surface area contributed by atoms with Crippen molar-refractivity contribution in [3.05, 3.63) is 93.8 Å². The number of methoxy groups -OCH3 is 2. The van der Waals surface area contributed by atoms with Gasteiger partial charge in [0.15, 0.2) is 11.5 Å². The van der Waals surface area contributed by atoms with Crippen molar-refractivity contribution in [1.82, 2.24) is 15.3 Å². The van der Waals surface area contributed by atoms with E-state index in [-0.39, 0.29) is 18.0 Å². The van der Waals surface area contributed by atoms with E-state index in [1.165, 1.54) is 12.1 Å². The Hall–Kier alpha value is -4.40. The van der Waals surface area contributed by atoms with Gasteiger partial charge in [-0.05, 0) is 29.3 Å². The van der Waals surface area contributed by atoms with Gasteiger partial charge in [0.2, 0.25) is 5.91 Å². The topological polar surface area (TPSA) is 119 Å². The molecule has 0 bridgehead atoms. The molecule has 33 heavy (non-hydrogen) atoms. The highest BCUT2D eigenvalue weighted by Gasteiger charge is 2.21. The van der Waals surface area contributed by atoms with Gasteiger partial charge in [0.05, 0.1) is 36.6 Å². The second-order valence-corrected chi connectivity index (χ2v) is 7.36. The Bertz CT molecular complexity index is 1300. The summed E-state index contributed by atoms with van der Waals surface area (Å²) in [6, 6.07) is 18.6. The van der Waals surface area contributed by atoms with Gasteiger partial charge in [-0.15, -0.1) is 0 Å². The molecule has 1 heterocycles. The second-order valence-electron chi connectivity index (χ2n) is 7.36. The molecule has 9 heteroatoms. The highest BCUT2D eigenvalue weighted by atomic mass is 16.6. The molecule has 4 aromatic rings. The first-order valence-electron chi connectivity index (χ1n) is 10.2. The number of nitrogens with one attached hydrogen (secondary N) is 2. The zero-order valence-electron chi connectivity index (χ0n) is 18.1. The van der Waals surface area contributed by atoms with E-state index in [0.29, 0.717) is 28.4 Å². The van der Waals surface area contributed by atoms with E-state index in [1.807, 2.05) is 30.3 Å². The maximum atomic E-state index is 13.0. The molecule has 0 fully saturated rings. The number of aromatic nitrogens is 2. The lowest BCUT2D eigenvalue weighted by Crippen LogP contribution is -2.31. The number of nitro benzene ring substituents is 1. The van der Waals surface area contributed by atoms with E-state index in [2.05, 4.69) is 15.3 Å². The van der Waals surface area contributed by atoms with Crippen molar-refractivity contribution in [3.63, 3.8) is 0 Å². The number of benzene rings is 3. The molecular formula is C24H22N4O5. The Morgan fingerprint density at radius 2 is 1.82 bits per heavy atom. The van der Waals surface area contributed by atoms with Gasteiger partial charge in [-0.25, -0.2) is 4.98 Å². The van der Waals surface area contributed by atoms with Crippen LogP contribution in [0.2, 0.25) is 0 Å². The largest absolute Gasteiger partial charge is 0.493 e. The number of H-pyrrole nitrogens is 1. The third-order valence-electron chi connectivity index (χ3n) is 5.22. The lowest BCUT2D eigenvalue weighted by Gasteiger charge is -2.17. The van der Waals surface area contributed by atoms with Crippen LogP contribution >= 0.6 is 0 Å². The Morgan fingerprint density at radius 1 is 1.06 bits per heavy atom. The van der Waals surface area contributed by atoms with Gasteiger partial charge in [0.1, 0.15) is 11.9 Å². The molecule has 0 saturated carbocycles. The molecule has 0 radical (unpaired) electrons. The summed E-state index contributed by atoms with van der Waals surface area (Å²) in [5.74, 6) is 1.39. The Labute approximate surface area is 189 Å². The number of ether oxygens (including phenoxy) is 2. The second kappa shape index (κ2) is 9.39. The summed E-state index contributed by atoms with van der Waals surface area (Å²) in [5, 5.41) is 14.1. The summed E-state index contributed by atoms with van der Waals surface area (Å²) in [5.41, 5.74) is 2.65. The molecule has 1 aromatic heterocycles. The van der Waals surface area contributed by atoms with Crippen LogP contribution < -0.4 is 14.8 Å². The zero-order chi connectivity index (χ0) is 23.4. The summed E-state index contributed by atoms with van der Waals surface area (Å²) in [6.07, 6.45) is 0.120. The minimum Gasteiger partial charge on any atom is -0.493 e. The predicted octanol–water partition coefficient (Wildman–Crippen LogP) is 3.94. The number of non-ortho nitro benzene ring substituents is 1. The number of carbonyl (C=O) groups is 1. The predicted molar refractivity (Wildman–Crippen MR) is 122 cm³/mol. The molecule has 3 aromatic carbocycles. The van der Waals surface area contributed by atoms with Crippen LogP contribution in [0.3, 0.4) is 0 Å². The van der Waals surface area contributed by atoms with Gasteiger partial charge in [0, 0.05) is 12.1 Å². The fourth-order valence-electron chi connectivity index (χ4n) is 3.61. The van der Waals surface area contributed by atoms with Gasteiger partial charge < -0.3 is 19.8 Å². The molecule has 1 atom stereocenters. The maximum absolute atomic E-state index is 13.0. The number of carbonyl (C=O) groups excluding carboxylic acids is 1. The minimum atomic E-state index is -0.565. The third-order valence-corrected chi connectivity index (χ3v) is 5.22. The summed E-state index contributed by atoms with van der Waals surface area (Å²) in [6.45, 7) is 0. The zero-order valence-corrected chi connectivity index (χ0v) is 18.1. The molecule has 4 rings (SSSR count). The van der Waals surface area contributed by atoms with Gasteiger partial charge in [0.25, 0.3) is 5.69 Å². The summed E-state index contributed by atoms with van der Waals surface area (Å²) in [4.78, 5) is 31.3. The monoisotopic (exact) mass is 446 g/mol. The number of hydrogen-bond donors (Lipinski definition) is 2. The van der Waals surface area contributed by atoms with Crippen molar-refractivity contribution in [3.8, 4) is 11.5 Å². The van der Waals surface area contributed by atoms with E-state index >= 15 is 0 Å². The number of nitrogens with zero attached hydrogens (tertiary/aromatic N) is 2. The average Bonchev–Trinajstić information content (AvgIpc) is 3.26. The summed E-state index contributed by atoms with van der Waals surface area (Å²) < 4.78 is 10.6. The highest BCUT2D eigenvalue weighted by Crippen LogP contribution is 2.28. The van der Waals surface area contributed by atoms with Crippen molar-refractivity contribution in [2.45, 2.75) is 12.5 Å². The number of aromatic amines is 1. The first kappa shape index (κ1) is 21.8. The van der Waals surface area contributed by atoms with Crippen LogP contribution in [0.25, 0.3) is 11.0 Å². The Kier molecular flexibility index (Phi) is 6.21. The molecule has 0 aliphatic carbocycles. The molecule has 0 saturated heterocycles. The normalized spacial score (nSPS) is 11.7. The lowest BCUT2D eigenvalue weighted by atomic mass is 10.1. The summed E-state index contributed by atoms with van der Waals surface area (Å²) >= 11 is 0. The molecule has 0 aliphatic heterocycles. The van der Waals surface area contributed by atoms with E-state index in [1.54, 1.807) is 38.5 Å². The number of amides is 1. The van der Waals surface area contributed by atoms with Gasteiger partial charge in [-0.2, -0.15) is 0 Å². The molecule has 0 spiro atoms. The molecule has 9 nitrogen and oxygen atoms in total. The molecule has 1 amide bonds. The lowest BCUT2D eigenvalue weighted by molar-refractivity contribution is -0.384. The van der Waals surface area contributed by atoms with Crippen molar-refractivity contribution in [2.24, 2.45) is 0 Å². The fourth-order valence-corrected chi connectivity index (χ4v) is 3.61. The van der Waals surface area contributed by atoms with Gasteiger partial charge in [-0.1, -0.05) is 36.4 Å². The van der Waals surface area contributed by atoms with Gasteiger partial charge >= 0.3 is 0 Å². The number of fused-ring (bicyclic) bond motifs is 1. The molecule has 0 aliphatic rings. The SMILES string of the molecule is COc1ccc(CC(=O)NC(c2ccccc2)c2nc3ccc([N+](=O)[O-])cc3[nH]2)cc1OC. The van der Waals surface area contributed by atoms with Crippen LogP contribution in [0.15, 0.2) is 66.7 Å². The summed E-state index contributed by atoms with van der Waals surface area (Å²) in [7, 11) is 3.09. The van der Waals surface area contributed by atoms with Crippen molar-refractivity contribution >= 4 is 22.6 Å². The maximum Gasteiger partial charge on any atom is 0.271 e. The van der Waals surface area contributed by atoms with Gasteiger partial charge in [-0.3, -0.25) is 14.9 Å². The fraction of sp³-hybridized carbons (Fsp3) is 0.167. The Balaban J connectivity index is 1.63. The standard InChI is InChI=1S/C24H22N4O5/c1-32-20-11-8-15(12-21(20)33-2)13-22(29)27-23(16-6-4-3-5-7-16)24-25-18-10-9-17(28(30)31)14-19(18)26-24/h3-12,14,23H,13H2,1-2H3,(H,25,26)(H,27,29). The molecule has 1 unspecified atom stereocenters. The molecule has 2 N–H and O–H groups in total. The average molecular weight is 446 g/mol. The van der Waals surface area contributed by atoms with Crippen LogP contribution in [-0.2, 0) is 11.2 Å². The third kappa shape index (κ3) is 4.77. The first-order valence-corrected chi connectivity index (χ1v) is 10.2. The number of rotatable bonds is 8. The van der Waals surface area contributed by atoms with E-state index in [0.717, 1.165) is 11.1 Å². The Morgan fingerprint density at radius 3 is 2.52 bits per heavy atom. The van der Waals surface area contributed by atoms with E-state index < -0.39 is 11.0 Å². The van der Waals surface area contributed by atoms with Crippen molar-refractivity contribution < 1.29 is 19.2 Å². The van der Waals surface area contributed by atoms with Crippen LogP contribution in [-0.4, -0.2) is 35.0 Å². The smallest absolute Gasteiger partial charge is 0.271 e. The quantitative estimate of drug-likeness (QED) is 0.313. The molecular weight excluding hydrogens is 424 g/mol. The van der Waals surface area contributed by atoms with Crippen LogP contribution in [0.5, 0.6) is 11.5 Å². The highest BCUT2D eigenvalue weighted by molar-refractivity contribution is 5.81. The first-order chi connectivity index (χ1) is 16.0. The molecule has 168 valence electrons. The van der Waals surface area contributed by atoms with E-state index in [4.69, 9.17) is 9.47 Å². The van der Waals surface area contributed by atoms with Crippen LogP contribution in [0, 0.1) is 10.1 Å². The number of nitro groups is 1. The van der Waals surface area contributed by atoms with E-state index in [9.17, 15) is 14.9 Å². The van der Waals surface area contributed by atoms with Crippen LogP contribution in [0.4, 0.5) is 5.69 Å². The van der Waals surface area contributed by atoms with Crippen molar-refractivity contribution in [2.75, 3.05) is 14.2 Å².